The molecular formula is C23H22Br2ClN3O5. The van der Waals surface area contributed by atoms with E-state index in [1.165, 1.54) is 17.8 Å². The number of hydrogen-bond donors (Lipinski definition) is 1. The van der Waals surface area contributed by atoms with Gasteiger partial charge in [-0.1, -0.05) is 41.4 Å². The van der Waals surface area contributed by atoms with Crippen molar-refractivity contribution in [2.75, 3.05) is 6.61 Å². The van der Waals surface area contributed by atoms with Gasteiger partial charge in [0, 0.05) is 20.4 Å². The lowest BCUT2D eigenvalue weighted by Crippen LogP contribution is -2.23. The highest BCUT2D eigenvalue weighted by Crippen LogP contribution is 2.42. The van der Waals surface area contributed by atoms with Crippen molar-refractivity contribution in [2.45, 2.75) is 39.7 Å². The Morgan fingerprint density at radius 3 is 2.62 bits per heavy atom. The molecule has 0 aliphatic rings. The van der Waals surface area contributed by atoms with E-state index in [9.17, 15) is 14.7 Å². The van der Waals surface area contributed by atoms with Gasteiger partial charge in [-0.3, -0.25) is 4.79 Å². The minimum absolute atomic E-state index is 0.0720. The maximum Gasteiger partial charge on any atom is 0.344 e. The molecule has 3 rings (SSSR count). The lowest BCUT2D eigenvalue weighted by Gasteiger charge is -2.18. The van der Waals surface area contributed by atoms with Crippen LogP contribution in [0.15, 0.2) is 43.1 Å². The van der Waals surface area contributed by atoms with Crippen LogP contribution >= 0.6 is 43.5 Å². The number of carboxylic acid groups (broad SMARTS) is 1. The van der Waals surface area contributed by atoms with Crippen LogP contribution < -0.4 is 15.0 Å². The number of ether oxygens (including phenoxy) is 2. The van der Waals surface area contributed by atoms with Gasteiger partial charge in [0.25, 0.3) is 5.56 Å². The molecule has 1 N–H and O–H groups in total. The summed E-state index contributed by atoms with van der Waals surface area (Å²) in [4.78, 5) is 29.1. The third kappa shape index (κ3) is 5.45. The summed E-state index contributed by atoms with van der Waals surface area (Å²) >= 11 is 13.3. The van der Waals surface area contributed by atoms with Crippen molar-refractivity contribution in [3.63, 3.8) is 0 Å². The number of carbonyl (C=O) groups is 1. The Labute approximate surface area is 217 Å². The summed E-state index contributed by atoms with van der Waals surface area (Å²) in [6.07, 6.45) is 0.320. The first-order chi connectivity index (χ1) is 16.0. The zero-order valence-electron chi connectivity index (χ0n) is 18.8. The van der Waals surface area contributed by atoms with Crippen molar-refractivity contribution in [1.82, 2.24) is 9.66 Å². The van der Waals surface area contributed by atoms with E-state index in [4.69, 9.17) is 21.1 Å². The molecule has 180 valence electrons. The molecular weight excluding hydrogens is 594 g/mol. The zero-order chi connectivity index (χ0) is 25.2. The zero-order valence-corrected chi connectivity index (χ0v) is 22.7. The van der Waals surface area contributed by atoms with E-state index < -0.39 is 12.1 Å². The first-order valence-corrected chi connectivity index (χ1v) is 12.3. The molecule has 1 heterocycles. The van der Waals surface area contributed by atoms with Gasteiger partial charge in [-0.05, 0) is 54.0 Å². The normalized spacial score (nSPS) is 12.5. The molecule has 0 aliphatic heterocycles. The predicted octanol–water partition coefficient (Wildman–Crippen LogP) is 5.83. The molecule has 1 aromatic heterocycles. The van der Waals surface area contributed by atoms with Crippen molar-refractivity contribution in [3.8, 4) is 11.5 Å². The SMILES string of the molecule is CCOc1cc(C=Nn2c(C(C)C)nc3ccc(Br)cc3c2=O)c(Br)c(Cl)c1O[C@@H](C)C(=O)O. The van der Waals surface area contributed by atoms with Crippen molar-refractivity contribution >= 4 is 66.5 Å². The van der Waals surface area contributed by atoms with E-state index in [0.717, 1.165) is 4.47 Å². The lowest BCUT2D eigenvalue weighted by atomic mass is 10.2. The topological polar surface area (TPSA) is 103 Å². The van der Waals surface area contributed by atoms with Crippen LogP contribution in [0.2, 0.25) is 5.02 Å². The Bertz CT molecular complexity index is 1340. The van der Waals surface area contributed by atoms with Crippen molar-refractivity contribution in [3.05, 3.63) is 60.0 Å². The molecule has 2 aromatic carbocycles. The Morgan fingerprint density at radius 2 is 2.00 bits per heavy atom. The van der Waals surface area contributed by atoms with Crippen LogP contribution in [-0.4, -0.2) is 39.7 Å². The fraction of sp³-hybridized carbons (Fsp3) is 0.304. The van der Waals surface area contributed by atoms with E-state index in [-0.39, 0.29) is 28.0 Å². The number of halogens is 3. The van der Waals surface area contributed by atoms with Crippen LogP contribution in [0.4, 0.5) is 0 Å². The molecule has 0 fully saturated rings. The van der Waals surface area contributed by atoms with Crippen LogP contribution in [0.25, 0.3) is 10.9 Å². The first kappa shape index (κ1) is 26.2. The molecule has 0 aliphatic carbocycles. The van der Waals surface area contributed by atoms with Crippen LogP contribution in [0.5, 0.6) is 11.5 Å². The number of fused-ring (bicyclic) bond motifs is 1. The number of aromatic nitrogens is 2. The van der Waals surface area contributed by atoms with Crippen molar-refractivity contribution < 1.29 is 19.4 Å². The molecule has 11 heteroatoms. The van der Waals surface area contributed by atoms with Gasteiger partial charge in [0.05, 0.1) is 23.7 Å². The minimum atomic E-state index is -1.14. The Kier molecular flexibility index (Phi) is 8.38. The summed E-state index contributed by atoms with van der Waals surface area (Å²) in [5.41, 5.74) is 0.772. The third-order valence-electron chi connectivity index (χ3n) is 4.76. The largest absolute Gasteiger partial charge is 0.490 e. The molecule has 0 amide bonds. The molecule has 0 saturated heterocycles. The fourth-order valence-electron chi connectivity index (χ4n) is 3.07. The summed E-state index contributed by atoms with van der Waals surface area (Å²) in [5, 5.41) is 14.2. The number of hydrogen-bond acceptors (Lipinski definition) is 6. The molecule has 8 nitrogen and oxygen atoms in total. The van der Waals surface area contributed by atoms with Gasteiger partial charge in [0.1, 0.15) is 10.8 Å². The van der Waals surface area contributed by atoms with E-state index in [1.807, 2.05) is 19.9 Å². The minimum Gasteiger partial charge on any atom is -0.490 e. The van der Waals surface area contributed by atoms with Gasteiger partial charge >= 0.3 is 5.97 Å². The molecule has 0 spiro atoms. The van der Waals surface area contributed by atoms with E-state index >= 15 is 0 Å². The van der Waals surface area contributed by atoms with E-state index in [0.29, 0.717) is 33.4 Å². The fourth-order valence-corrected chi connectivity index (χ4v) is 4.07. The molecule has 0 radical (unpaired) electrons. The lowest BCUT2D eigenvalue weighted by molar-refractivity contribution is -0.144. The quantitative estimate of drug-likeness (QED) is 0.320. The Hall–Kier alpha value is -2.43. The van der Waals surface area contributed by atoms with Crippen LogP contribution in [0.3, 0.4) is 0 Å². The second-order valence-corrected chi connectivity index (χ2v) is 9.69. The van der Waals surface area contributed by atoms with Gasteiger partial charge in [-0.2, -0.15) is 9.78 Å². The smallest absolute Gasteiger partial charge is 0.344 e. The van der Waals surface area contributed by atoms with Gasteiger partial charge in [-0.15, -0.1) is 0 Å². The molecule has 0 unspecified atom stereocenters. The Morgan fingerprint density at radius 1 is 1.29 bits per heavy atom. The molecule has 1 atom stereocenters. The monoisotopic (exact) mass is 613 g/mol. The average Bonchev–Trinajstić information content (AvgIpc) is 2.78. The number of rotatable bonds is 8. The highest BCUT2D eigenvalue weighted by Gasteiger charge is 2.22. The second-order valence-electron chi connectivity index (χ2n) is 7.60. The molecule has 0 bridgehead atoms. The standard InChI is InChI=1S/C23H22Br2ClN3O5/c1-5-33-17-8-13(18(25)19(26)20(17)34-12(4)23(31)32)10-27-29-21(11(2)3)28-16-7-6-14(24)9-15(16)22(29)30/h6-12H,5H2,1-4H3,(H,31,32)/t12-/m0/s1. The van der Waals surface area contributed by atoms with Crippen molar-refractivity contribution in [1.29, 1.82) is 0 Å². The predicted molar refractivity (Wildman–Crippen MR) is 139 cm³/mol. The molecule has 3 aromatic rings. The summed E-state index contributed by atoms with van der Waals surface area (Å²) < 4.78 is 13.6. The number of nitrogens with zero attached hydrogens (tertiary/aromatic N) is 3. The van der Waals surface area contributed by atoms with E-state index in [1.54, 1.807) is 25.1 Å². The highest BCUT2D eigenvalue weighted by molar-refractivity contribution is 9.10. The Balaban J connectivity index is 2.15. The van der Waals surface area contributed by atoms with Gasteiger partial charge in [-0.25, -0.2) is 9.78 Å². The number of aliphatic carboxylic acids is 1. The summed E-state index contributed by atoms with van der Waals surface area (Å²) in [6, 6.07) is 6.92. The van der Waals surface area contributed by atoms with Gasteiger partial charge in [0.15, 0.2) is 17.6 Å². The number of benzene rings is 2. The van der Waals surface area contributed by atoms with Gasteiger partial charge < -0.3 is 14.6 Å². The maximum absolute atomic E-state index is 13.2. The highest BCUT2D eigenvalue weighted by atomic mass is 79.9. The summed E-state index contributed by atoms with van der Waals surface area (Å²) in [7, 11) is 0. The molecule has 0 saturated carbocycles. The summed E-state index contributed by atoms with van der Waals surface area (Å²) in [5.74, 6) is -0.367. The first-order valence-electron chi connectivity index (χ1n) is 10.4. The third-order valence-corrected chi connectivity index (χ3v) is 6.70. The number of carboxylic acids is 1. The second kappa shape index (κ2) is 10.9. The van der Waals surface area contributed by atoms with Crippen LogP contribution in [0.1, 0.15) is 45.0 Å². The maximum atomic E-state index is 13.2. The van der Waals surface area contributed by atoms with Crippen LogP contribution in [-0.2, 0) is 4.79 Å². The van der Waals surface area contributed by atoms with Crippen LogP contribution in [0, 0.1) is 0 Å². The van der Waals surface area contributed by atoms with Gasteiger partial charge in [0.2, 0.25) is 0 Å². The van der Waals surface area contributed by atoms with E-state index in [2.05, 4.69) is 41.9 Å². The molecule has 34 heavy (non-hydrogen) atoms. The summed E-state index contributed by atoms with van der Waals surface area (Å²) in [6.45, 7) is 7.32. The van der Waals surface area contributed by atoms with Crippen molar-refractivity contribution in [2.24, 2.45) is 5.10 Å². The average molecular weight is 616 g/mol.